The molecule has 0 aliphatic carbocycles. The predicted octanol–water partition coefficient (Wildman–Crippen LogP) is 1.54. The second-order valence-electron chi connectivity index (χ2n) is 4.74. The monoisotopic (exact) mass is 288 g/mol. The molecule has 0 spiro atoms. The molecule has 2 aromatic heterocycles. The highest BCUT2D eigenvalue weighted by Gasteiger charge is 2.09. The first-order valence-electron chi connectivity index (χ1n) is 7.10. The molecule has 0 bridgehead atoms. The van der Waals surface area contributed by atoms with E-state index in [1.807, 2.05) is 6.07 Å². The van der Waals surface area contributed by atoms with Crippen LogP contribution in [0.3, 0.4) is 0 Å². The Bertz CT molecular complexity index is 622. The maximum absolute atomic E-state index is 11.1. The predicted molar refractivity (Wildman–Crippen MR) is 80.4 cm³/mol. The lowest BCUT2D eigenvalue weighted by Gasteiger charge is -2.09. The smallest absolute Gasteiger partial charge is 0.251 e. The van der Waals surface area contributed by atoms with E-state index in [1.165, 1.54) is 10.9 Å². The van der Waals surface area contributed by atoms with Crippen LogP contribution in [0.4, 0.5) is 5.82 Å². The molecule has 2 heterocycles. The minimum atomic E-state index is -0.506. The molecule has 0 aliphatic rings. The standard InChI is InChI=1S/C14H20N6O/c1-3-5-11-18-12(16-6-4-2)7-13(19-11)20-9-10(8-17-20)14(15)21/h7-9H,3-6H2,1-2H3,(H2,15,21)(H,16,18,19). The number of anilines is 1. The Morgan fingerprint density at radius 2 is 2.14 bits per heavy atom. The number of aryl methyl sites for hydroxylation is 1. The molecule has 7 nitrogen and oxygen atoms in total. The first-order valence-corrected chi connectivity index (χ1v) is 7.10. The molecule has 0 aliphatic heterocycles. The van der Waals surface area contributed by atoms with Crippen molar-refractivity contribution in [2.24, 2.45) is 5.73 Å². The molecular weight excluding hydrogens is 268 g/mol. The van der Waals surface area contributed by atoms with Crippen LogP contribution in [0.25, 0.3) is 5.82 Å². The molecule has 0 fully saturated rings. The Morgan fingerprint density at radius 1 is 1.33 bits per heavy atom. The normalized spacial score (nSPS) is 10.6. The summed E-state index contributed by atoms with van der Waals surface area (Å²) in [5, 5.41) is 7.38. The number of aromatic nitrogens is 4. The molecule has 112 valence electrons. The molecule has 2 aromatic rings. The van der Waals surface area contributed by atoms with Crippen LogP contribution in [0.5, 0.6) is 0 Å². The lowest BCUT2D eigenvalue weighted by Crippen LogP contribution is -2.10. The number of amides is 1. The lowest BCUT2D eigenvalue weighted by molar-refractivity contribution is 0.100. The minimum Gasteiger partial charge on any atom is -0.370 e. The summed E-state index contributed by atoms with van der Waals surface area (Å²) in [6.07, 6.45) is 5.77. The molecular formula is C14H20N6O. The van der Waals surface area contributed by atoms with Gasteiger partial charge in [0.1, 0.15) is 11.6 Å². The number of hydrogen-bond donors (Lipinski definition) is 2. The largest absolute Gasteiger partial charge is 0.370 e. The van der Waals surface area contributed by atoms with E-state index in [1.54, 1.807) is 6.20 Å². The average Bonchev–Trinajstić information content (AvgIpc) is 2.95. The number of primary amides is 1. The summed E-state index contributed by atoms with van der Waals surface area (Å²) in [5.41, 5.74) is 5.60. The summed E-state index contributed by atoms with van der Waals surface area (Å²) in [6, 6.07) is 1.81. The zero-order valence-electron chi connectivity index (χ0n) is 12.3. The van der Waals surface area contributed by atoms with E-state index in [0.717, 1.165) is 37.4 Å². The van der Waals surface area contributed by atoms with E-state index in [-0.39, 0.29) is 0 Å². The molecule has 21 heavy (non-hydrogen) atoms. The highest BCUT2D eigenvalue weighted by atomic mass is 16.1. The number of nitrogens with two attached hydrogens (primary N) is 1. The third-order valence-corrected chi connectivity index (χ3v) is 2.89. The molecule has 0 atom stereocenters. The number of nitrogens with zero attached hydrogens (tertiary/aromatic N) is 4. The van der Waals surface area contributed by atoms with Crippen LogP contribution >= 0.6 is 0 Å². The Hall–Kier alpha value is -2.44. The van der Waals surface area contributed by atoms with Crippen LogP contribution in [0, 0.1) is 0 Å². The van der Waals surface area contributed by atoms with Gasteiger partial charge in [0.25, 0.3) is 5.91 Å². The van der Waals surface area contributed by atoms with Gasteiger partial charge < -0.3 is 11.1 Å². The van der Waals surface area contributed by atoms with Gasteiger partial charge in [-0.1, -0.05) is 13.8 Å². The van der Waals surface area contributed by atoms with Crippen LogP contribution < -0.4 is 11.1 Å². The fourth-order valence-electron chi connectivity index (χ4n) is 1.85. The molecule has 2 rings (SSSR count). The Balaban J connectivity index is 2.35. The van der Waals surface area contributed by atoms with Gasteiger partial charge in [-0.15, -0.1) is 0 Å². The summed E-state index contributed by atoms with van der Waals surface area (Å²) in [4.78, 5) is 20.1. The third kappa shape index (κ3) is 3.77. The Morgan fingerprint density at radius 3 is 2.76 bits per heavy atom. The zero-order chi connectivity index (χ0) is 15.2. The number of hydrogen-bond acceptors (Lipinski definition) is 5. The van der Waals surface area contributed by atoms with E-state index in [0.29, 0.717) is 11.4 Å². The highest BCUT2D eigenvalue weighted by molar-refractivity contribution is 5.92. The molecule has 0 aromatic carbocycles. The zero-order valence-corrected chi connectivity index (χ0v) is 12.3. The second-order valence-corrected chi connectivity index (χ2v) is 4.74. The van der Waals surface area contributed by atoms with Crippen LogP contribution in [-0.2, 0) is 6.42 Å². The summed E-state index contributed by atoms with van der Waals surface area (Å²) >= 11 is 0. The van der Waals surface area contributed by atoms with Gasteiger partial charge in [0.05, 0.1) is 11.8 Å². The highest BCUT2D eigenvalue weighted by Crippen LogP contribution is 2.13. The van der Waals surface area contributed by atoms with E-state index in [4.69, 9.17) is 5.73 Å². The van der Waals surface area contributed by atoms with E-state index < -0.39 is 5.91 Å². The van der Waals surface area contributed by atoms with Gasteiger partial charge in [0.15, 0.2) is 5.82 Å². The quantitative estimate of drug-likeness (QED) is 0.805. The van der Waals surface area contributed by atoms with Gasteiger partial charge in [0.2, 0.25) is 0 Å². The molecule has 0 unspecified atom stereocenters. The topological polar surface area (TPSA) is 98.7 Å². The average molecular weight is 288 g/mol. The van der Waals surface area contributed by atoms with Gasteiger partial charge in [-0.05, 0) is 12.8 Å². The summed E-state index contributed by atoms with van der Waals surface area (Å²) in [5.74, 6) is 1.64. The number of carbonyl (C=O) groups excluding carboxylic acids is 1. The van der Waals surface area contributed by atoms with Crippen molar-refractivity contribution in [3.05, 3.63) is 29.8 Å². The number of nitrogens with one attached hydrogen (secondary N) is 1. The Labute approximate surface area is 123 Å². The maximum atomic E-state index is 11.1. The van der Waals surface area contributed by atoms with Crippen molar-refractivity contribution < 1.29 is 4.79 Å². The first-order chi connectivity index (χ1) is 10.1. The molecule has 0 radical (unpaired) electrons. The second kappa shape index (κ2) is 6.83. The number of carbonyl (C=O) groups is 1. The SMILES string of the molecule is CCCNc1cc(-n2cc(C(N)=O)cn2)nc(CCC)n1. The van der Waals surface area contributed by atoms with Crippen molar-refractivity contribution in [1.29, 1.82) is 0 Å². The third-order valence-electron chi connectivity index (χ3n) is 2.89. The van der Waals surface area contributed by atoms with Crippen molar-refractivity contribution in [2.45, 2.75) is 33.1 Å². The van der Waals surface area contributed by atoms with Crippen molar-refractivity contribution in [3.63, 3.8) is 0 Å². The Kier molecular flexibility index (Phi) is 4.86. The summed E-state index contributed by atoms with van der Waals surface area (Å²) in [7, 11) is 0. The lowest BCUT2D eigenvalue weighted by atomic mass is 10.3. The number of rotatable bonds is 7. The van der Waals surface area contributed by atoms with Crippen LogP contribution in [0.2, 0.25) is 0 Å². The van der Waals surface area contributed by atoms with Gasteiger partial charge in [0, 0.05) is 25.2 Å². The van der Waals surface area contributed by atoms with Crippen molar-refractivity contribution in [3.8, 4) is 5.82 Å². The molecule has 0 saturated carbocycles. The van der Waals surface area contributed by atoms with Crippen LogP contribution in [0.1, 0.15) is 42.9 Å². The van der Waals surface area contributed by atoms with Crippen LogP contribution in [0.15, 0.2) is 18.5 Å². The summed E-state index contributed by atoms with van der Waals surface area (Å²) < 4.78 is 1.54. The fourth-order valence-corrected chi connectivity index (χ4v) is 1.85. The first kappa shape index (κ1) is 15.0. The van der Waals surface area contributed by atoms with Crippen molar-refractivity contribution >= 4 is 11.7 Å². The molecule has 3 N–H and O–H groups in total. The van der Waals surface area contributed by atoms with E-state index >= 15 is 0 Å². The van der Waals surface area contributed by atoms with E-state index in [9.17, 15) is 4.79 Å². The molecule has 7 heteroatoms. The fraction of sp³-hybridized carbons (Fsp3) is 0.429. The van der Waals surface area contributed by atoms with Gasteiger partial charge in [-0.2, -0.15) is 5.10 Å². The van der Waals surface area contributed by atoms with E-state index in [2.05, 4.69) is 34.2 Å². The molecule has 0 saturated heterocycles. The van der Waals surface area contributed by atoms with Crippen molar-refractivity contribution in [2.75, 3.05) is 11.9 Å². The summed E-state index contributed by atoms with van der Waals surface area (Å²) in [6.45, 7) is 5.01. The van der Waals surface area contributed by atoms with Gasteiger partial charge in [-0.25, -0.2) is 14.6 Å². The van der Waals surface area contributed by atoms with Gasteiger partial charge in [-0.3, -0.25) is 4.79 Å². The van der Waals surface area contributed by atoms with Crippen LogP contribution in [-0.4, -0.2) is 32.2 Å². The minimum absolute atomic E-state index is 0.355. The maximum Gasteiger partial charge on any atom is 0.251 e. The van der Waals surface area contributed by atoms with Gasteiger partial charge >= 0.3 is 0 Å². The van der Waals surface area contributed by atoms with Crippen molar-refractivity contribution in [1.82, 2.24) is 19.7 Å². The molecule has 1 amide bonds.